The second kappa shape index (κ2) is 4.25. The van der Waals surface area contributed by atoms with E-state index in [9.17, 15) is 9.59 Å². The summed E-state index contributed by atoms with van der Waals surface area (Å²) in [5.74, 6) is -0.0677. The Morgan fingerprint density at radius 3 is 3.06 bits per heavy atom. The molecule has 0 spiro atoms. The lowest BCUT2D eigenvalue weighted by molar-refractivity contribution is -0.163. The highest BCUT2D eigenvalue weighted by Crippen LogP contribution is 2.43. The molecule has 3 aliphatic rings. The SMILES string of the molecule is CCCOC1OC(=O)C2=C1CSC1C(N)C(=O)N21. The van der Waals surface area contributed by atoms with Gasteiger partial charge in [0.15, 0.2) is 0 Å². The zero-order valence-electron chi connectivity index (χ0n) is 9.92. The van der Waals surface area contributed by atoms with Gasteiger partial charge in [-0.3, -0.25) is 9.69 Å². The number of esters is 1. The van der Waals surface area contributed by atoms with E-state index in [0.29, 0.717) is 18.1 Å². The summed E-state index contributed by atoms with van der Waals surface area (Å²) >= 11 is 1.55. The van der Waals surface area contributed by atoms with Gasteiger partial charge in [-0.15, -0.1) is 11.8 Å². The first-order chi connectivity index (χ1) is 8.65. The lowest BCUT2D eigenvalue weighted by Gasteiger charge is -2.46. The number of nitrogens with zero attached hydrogens (tertiary/aromatic N) is 1. The highest BCUT2D eigenvalue weighted by atomic mass is 32.2. The van der Waals surface area contributed by atoms with Gasteiger partial charge in [-0.05, 0) is 6.42 Å². The molecule has 0 aromatic carbocycles. The van der Waals surface area contributed by atoms with Crippen molar-refractivity contribution < 1.29 is 19.1 Å². The maximum atomic E-state index is 11.8. The van der Waals surface area contributed by atoms with Gasteiger partial charge in [0.05, 0.1) is 6.61 Å². The third kappa shape index (κ3) is 1.51. The van der Waals surface area contributed by atoms with Crippen molar-refractivity contribution in [3.05, 3.63) is 11.3 Å². The Hall–Kier alpha value is -1.05. The highest BCUT2D eigenvalue weighted by Gasteiger charge is 2.55. The number of fused-ring (bicyclic) bond motifs is 2. The van der Waals surface area contributed by atoms with Gasteiger partial charge >= 0.3 is 5.97 Å². The van der Waals surface area contributed by atoms with E-state index in [1.54, 1.807) is 11.8 Å². The summed E-state index contributed by atoms with van der Waals surface area (Å²) in [7, 11) is 0. The van der Waals surface area contributed by atoms with E-state index in [0.717, 1.165) is 12.0 Å². The summed E-state index contributed by atoms with van der Waals surface area (Å²) in [6.07, 6.45) is 0.213. The van der Waals surface area contributed by atoms with E-state index in [4.69, 9.17) is 15.2 Å². The Morgan fingerprint density at radius 1 is 1.56 bits per heavy atom. The third-order valence-corrected chi connectivity index (χ3v) is 4.53. The first kappa shape index (κ1) is 12.0. The molecule has 0 bridgehead atoms. The van der Waals surface area contributed by atoms with Crippen molar-refractivity contribution in [2.45, 2.75) is 31.1 Å². The lowest BCUT2D eigenvalue weighted by Crippen LogP contribution is -2.68. The molecular formula is C11H14N2O4S. The number of thioether (sulfide) groups is 1. The molecule has 1 amide bonds. The standard InChI is InChI=1S/C11H14N2O4S/c1-2-3-16-11-5-4-18-9-6(12)8(14)13(9)7(5)10(15)17-11/h6,9,11H,2-4,12H2,1H3. The van der Waals surface area contributed by atoms with Gasteiger partial charge in [-0.1, -0.05) is 6.92 Å². The van der Waals surface area contributed by atoms with Gasteiger partial charge in [-0.25, -0.2) is 4.79 Å². The number of cyclic esters (lactones) is 1. The molecule has 3 rings (SSSR count). The maximum Gasteiger partial charge on any atom is 0.357 e. The van der Waals surface area contributed by atoms with Gasteiger partial charge in [-0.2, -0.15) is 0 Å². The summed E-state index contributed by atoms with van der Waals surface area (Å²) < 4.78 is 10.6. The Labute approximate surface area is 108 Å². The summed E-state index contributed by atoms with van der Waals surface area (Å²) in [5, 5.41) is -0.131. The Morgan fingerprint density at radius 2 is 2.33 bits per heavy atom. The highest BCUT2D eigenvalue weighted by molar-refractivity contribution is 8.00. The Kier molecular flexibility index (Phi) is 2.84. The number of carbonyl (C=O) groups is 2. The average molecular weight is 270 g/mol. The molecule has 98 valence electrons. The minimum atomic E-state index is -0.634. The summed E-state index contributed by atoms with van der Waals surface area (Å²) in [4.78, 5) is 25.0. The van der Waals surface area contributed by atoms with E-state index in [1.807, 2.05) is 6.92 Å². The van der Waals surface area contributed by atoms with Crippen molar-refractivity contribution in [1.29, 1.82) is 0 Å². The van der Waals surface area contributed by atoms with E-state index in [-0.39, 0.29) is 11.3 Å². The molecule has 1 saturated heterocycles. The maximum absolute atomic E-state index is 11.8. The van der Waals surface area contributed by atoms with Crippen LogP contribution in [0.5, 0.6) is 0 Å². The average Bonchev–Trinajstić information content (AvgIpc) is 2.70. The monoisotopic (exact) mass is 270 g/mol. The van der Waals surface area contributed by atoms with Crippen LogP contribution in [0, 0.1) is 0 Å². The van der Waals surface area contributed by atoms with Crippen molar-refractivity contribution >= 4 is 23.6 Å². The van der Waals surface area contributed by atoms with Crippen molar-refractivity contribution in [2.24, 2.45) is 5.73 Å². The molecule has 7 heteroatoms. The van der Waals surface area contributed by atoms with E-state index < -0.39 is 18.3 Å². The van der Waals surface area contributed by atoms with Crippen LogP contribution in [0.25, 0.3) is 0 Å². The molecule has 0 aliphatic carbocycles. The molecule has 1 fully saturated rings. The molecule has 3 atom stereocenters. The van der Waals surface area contributed by atoms with Crippen LogP contribution in [-0.4, -0.2) is 46.8 Å². The first-order valence-corrected chi connectivity index (χ1v) is 6.96. The summed E-state index contributed by atoms with van der Waals surface area (Å²) in [6, 6.07) is -0.507. The molecular weight excluding hydrogens is 256 g/mol. The van der Waals surface area contributed by atoms with Crippen molar-refractivity contribution in [1.82, 2.24) is 4.90 Å². The van der Waals surface area contributed by atoms with Crippen LogP contribution >= 0.6 is 11.8 Å². The molecule has 18 heavy (non-hydrogen) atoms. The number of amides is 1. The van der Waals surface area contributed by atoms with E-state index >= 15 is 0 Å². The predicted octanol–water partition coefficient (Wildman–Crippen LogP) is -0.208. The fourth-order valence-corrected chi connectivity index (χ4v) is 3.60. The summed E-state index contributed by atoms with van der Waals surface area (Å²) in [6.45, 7) is 2.51. The molecule has 0 aromatic heterocycles. The number of rotatable bonds is 3. The number of ether oxygens (including phenoxy) is 2. The first-order valence-electron chi connectivity index (χ1n) is 5.91. The number of β-lactam (4-membered cyclic amide) rings is 1. The van der Waals surface area contributed by atoms with Crippen molar-refractivity contribution in [3.63, 3.8) is 0 Å². The third-order valence-electron chi connectivity index (χ3n) is 3.20. The smallest absolute Gasteiger partial charge is 0.357 e. The fraction of sp³-hybridized carbons (Fsp3) is 0.636. The second-order valence-electron chi connectivity index (χ2n) is 4.42. The molecule has 2 N–H and O–H groups in total. The molecule has 3 aliphatic heterocycles. The number of carbonyl (C=O) groups excluding carboxylic acids is 2. The minimum Gasteiger partial charge on any atom is -0.427 e. The van der Waals surface area contributed by atoms with Crippen LogP contribution < -0.4 is 5.73 Å². The van der Waals surface area contributed by atoms with Crippen LogP contribution in [0.4, 0.5) is 0 Å². The number of hydrogen-bond donors (Lipinski definition) is 1. The van der Waals surface area contributed by atoms with Gasteiger partial charge in [0.2, 0.25) is 12.2 Å². The zero-order chi connectivity index (χ0) is 12.9. The summed E-state index contributed by atoms with van der Waals surface area (Å²) in [5.41, 5.74) is 6.81. The van der Waals surface area contributed by atoms with Crippen LogP contribution in [-0.2, 0) is 19.1 Å². The van der Waals surface area contributed by atoms with E-state index in [1.165, 1.54) is 4.90 Å². The number of hydrogen-bond acceptors (Lipinski definition) is 6. The second-order valence-corrected chi connectivity index (χ2v) is 5.52. The van der Waals surface area contributed by atoms with Gasteiger partial charge in [0, 0.05) is 11.3 Å². The van der Waals surface area contributed by atoms with Crippen molar-refractivity contribution in [3.8, 4) is 0 Å². The normalized spacial score (nSPS) is 34.1. The van der Waals surface area contributed by atoms with Crippen LogP contribution in [0.2, 0.25) is 0 Å². The minimum absolute atomic E-state index is 0.131. The van der Waals surface area contributed by atoms with Gasteiger partial charge < -0.3 is 15.2 Å². The van der Waals surface area contributed by atoms with Crippen LogP contribution in [0.3, 0.4) is 0 Å². The van der Waals surface area contributed by atoms with Crippen LogP contribution in [0.15, 0.2) is 11.3 Å². The van der Waals surface area contributed by atoms with Gasteiger partial charge in [0.1, 0.15) is 17.1 Å². The van der Waals surface area contributed by atoms with E-state index in [2.05, 4.69) is 0 Å². The zero-order valence-corrected chi connectivity index (χ0v) is 10.7. The fourth-order valence-electron chi connectivity index (χ4n) is 2.29. The largest absolute Gasteiger partial charge is 0.427 e. The van der Waals surface area contributed by atoms with Crippen molar-refractivity contribution in [2.75, 3.05) is 12.4 Å². The molecule has 3 heterocycles. The molecule has 6 nitrogen and oxygen atoms in total. The number of nitrogens with two attached hydrogens (primary N) is 1. The topological polar surface area (TPSA) is 81.9 Å². The molecule has 0 saturated carbocycles. The quantitative estimate of drug-likeness (QED) is 0.564. The van der Waals surface area contributed by atoms with Crippen LogP contribution in [0.1, 0.15) is 13.3 Å². The molecule has 0 aromatic rings. The Balaban J connectivity index is 1.86. The molecule has 3 unspecified atom stereocenters. The molecule has 0 radical (unpaired) electrons. The lowest BCUT2D eigenvalue weighted by atomic mass is 10.0. The Bertz CT molecular complexity index is 450. The predicted molar refractivity (Wildman–Crippen MR) is 64.2 cm³/mol. The van der Waals surface area contributed by atoms with Gasteiger partial charge in [0.25, 0.3) is 0 Å².